The lowest BCUT2D eigenvalue weighted by atomic mass is 10.1. The predicted molar refractivity (Wildman–Crippen MR) is 106 cm³/mol. The van der Waals surface area contributed by atoms with E-state index >= 15 is 0 Å². The SMILES string of the molecule is CCCCN(C(=O)CCCc1ccc2[nH]c(=O)[nH]c2c1)c1ccccc1. The minimum Gasteiger partial charge on any atom is -0.312 e. The molecule has 3 aromatic rings. The minimum absolute atomic E-state index is 0.167. The third kappa shape index (κ3) is 4.42. The molecule has 0 saturated heterocycles. The van der Waals surface area contributed by atoms with Crippen LogP contribution in [-0.2, 0) is 11.2 Å². The van der Waals surface area contributed by atoms with E-state index in [9.17, 15) is 9.59 Å². The molecule has 0 saturated carbocycles. The Morgan fingerprint density at radius 1 is 1.00 bits per heavy atom. The number of rotatable bonds is 8. The van der Waals surface area contributed by atoms with Crippen LogP contribution in [0.1, 0.15) is 38.2 Å². The third-order valence-electron chi connectivity index (χ3n) is 4.54. The van der Waals surface area contributed by atoms with Crippen molar-refractivity contribution in [1.82, 2.24) is 9.97 Å². The van der Waals surface area contributed by atoms with Crippen LogP contribution >= 0.6 is 0 Å². The highest BCUT2D eigenvalue weighted by Gasteiger charge is 2.14. The number of unbranched alkanes of at least 4 members (excludes halogenated alkanes) is 1. The van der Waals surface area contributed by atoms with Gasteiger partial charge in [-0.25, -0.2) is 4.79 Å². The number of nitrogens with zero attached hydrogens (tertiary/aromatic N) is 1. The molecule has 1 heterocycles. The van der Waals surface area contributed by atoms with Crippen LogP contribution in [0.5, 0.6) is 0 Å². The molecule has 1 aromatic heterocycles. The van der Waals surface area contributed by atoms with Gasteiger partial charge in [-0.2, -0.15) is 0 Å². The highest BCUT2D eigenvalue weighted by molar-refractivity contribution is 5.93. The van der Waals surface area contributed by atoms with Gasteiger partial charge in [0, 0.05) is 18.7 Å². The molecule has 1 amide bonds. The van der Waals surface area contributed by atoms with Crippen LogP contribution in [0.25, 0.3) is 11.0 Å². The van der Waals surface area contributed by atoms with Crippen molar-refractivity contribution in [1.29, 1.82) is 0 Å². The molecule has 0 aliphatic rings. The van der Waals surface area contributed by atoms with Crippen LogP contribution in [0.3, 0.4) is 0 Å². The van der Waals surface area contributed by atoms with Crippen molar-refractivity contribution in [3.05, 3.63) is 64.6 Å². The van der Waals surface area contributed by atoms with E-state index in [0.717, 1.165) is 54.5 Å². The number of anilines is 1. The quantitative estimate of drug-likeness (QED) is 0.644. The van der Waals surface area contributed by atoms with Crippen molar-refractivity contribution >= 4 is 22.6 Å². The Bertz CT molecular complexity index is 912. The molecule has 2 N–H and O–H groups in total. The van der Waals surface area contributed by atoms with E-state index in [1.165, 1.54) is 0 Å². The average molecular weight is 351 g/mol. The summed E-state index contributed by atoms with van der Waals surface area (Å²) in [7, 11) is 0. The van der Waals surface area contributed by atoms with Crippen LogP contribution in [0, 0.1) is 0 Å². The second kappa shape index (κ2) is 8.52. The van der Waals surface area contributed by atoms with Gasteiger partial charge in [0.25, 0.3) is 0 Å². The summed E-state index contributed by atoms with van der Waals surface area (Å²) in [5, 5.41) is 0. The lowest BCUT2D eigenvalue weighted by molar-refractivity contribution is -0.118. The van der Waals surface area contributed by atoms with Gasteiger partial charge in [-0.05, 0) is 49.1 Å². The first-order valence-electron chi connectivity index (χ1n) is 9.23. The molecule has 26 heavy (non-hydrogen) atoms. The van der Waals surface area contributed by atoms with Crippen LogP contribution in [0.2, 0.25) is 0 Å². The van der Waals surface area contributed by atoms with Crippen molar-refractivity contribution in [3.8, 4) is 0 Å². The molecule has 0 spiro atoms. The number of imidazole rings is 1. The van der Waals surface area contributed by atoms with Crippen LogP contribution in [-0.4, -0.2) is 22.4 Å². The predicted octanol–water partition coefficient (Wildman–Crippen LogP) is 4.01. The average Bonchev–Trinajstić information content (AvgIpc) is 3.02. The first kappa shape index (κ1) is 18.0. The van der Waals surface area contributed by atoms with Crippen molar-refractivity contribution in [2.45, 2.75) is 39.0 Å². The first-order valence-corrected chi connectivity index (χ1v) is 9.23. The summed E-state index contributed by atoms with van der Waals surface area (Å²) >= 11 is 0. The molecule has 0 radical (unpaired) electrons. The lowest BCUT2D eigenvalue weighted by Gasteiger charge is -2.22. The normalized spacial score (nSPS) is 11.0. The van der Waals surface area contributed by atoms with Gasteiger partial charge >= 0.3 is 5.69 Å². The standard InChI is InChI=1S/C21H25N3O2/c1-2-3-14-24(17-9-5-4-6-10-17)20(25)11-7-8-16-12-13-18-19(15-16)23-21(26)22-18/h4-6,9-10,12-13,15H,2-3,7-8,11,14H2,1H3,(H2,22,23,26). The van der Waals surface area contributed by atoms with E-state index in [1.807, 2.05) is 53.4 Å². The maximum absolute atomic E-state index is 12.7. The number of carbonyl (C=O) groups is 1. The summed E-state index contributed by atoms with van der Waals surface area (Å²) in [5.41, 5.74) is 3.52. The zero-order chi connectivity index (χ0) is 18.4. The van der Waals surface area contributed by atoms with Crippen LogP contribution < -0.4 is 10.6 Å². The number of amides is 1. The highest BCUT2D eigenvalue weighted by Crippen LogP contribution is 2.17. The molecule has 0 unspecified atom stereocenters. The number of H-pyrrole nitrogens is 2. The molecular formula is C21H25N3O2. The molecule has 0 atom stereocenters. The molecule has 0 aliphatic heterocycles. The van der Waals surface area contributed by atoms with E-state index < -0.39 is 0 Å². The fourth-order valence-electron chi connectivity index (χ4n) is 3.14. The summed E-state index contributed by atoms with van der Waals surface area (Å²) in [6.45, 7) is 2.89. The van der Waals surface area contributed by atoms with Crippen LogP contribution in [0.15, 0.2) is 53.3 Å². The third-order valence-corrected chi connectivity index (χ3v) is 4.54. The Kier molecular flexibility index (Phi) is 5.89. The number of aromatic amines is 2. The number of hydrogen-bond donors (Lipinski definition) is 2. The van der Waals surface area contributed by atoms with Gasteiger partial charge in [0.05, 0.1) is 11.0 Å². The number of aromatic nitrogens is 2. The Morgan fingerprint density at radius 3 is 2.54 bits per heavy atom. The Labute approximate surface area is 153 Å². The van der Waals surface area contributed by atoms with Crippen molar-refractivity contribution in [3.63, 3.8) is 0 Å². The van der Waals surface area contributed by atoms with E-state index in [2.05, 4.69) is 16.9 Å². The number of nitrogens with one attached hydrogen (secondary N) is 2. The Hall–Kier alpha value is -2.82. The summed E-state index contributed by atoms with van der Waals surface area (Å²) in [4.78, 5) is 31.5. The summed E-state index contributed by atoms with van der Waals surface area (Å²) in [6.07, 6.45) is 4.17. The Morgan fingerprint density at radius 2 is 1.77 bits per heavy atom. The Balaban J connectivity index is 1.60. The fraction of sp³-hybridized carbons (Fsp3) is 0.333. The molecule has 0 fully saturated rings. The molecule has 3 rings (SSSR count). The van der Waals surface area contributed by atoms with Gasteiger partial charge in [0.2, 0.25) is 5.91 Å². The summed E-state index contributed by atoms with van der Waals surface area (Å²) < 4.78 is 0. The van der Waals surface area contributed by atoms with E-state index in [-0.39, 0.29) is 11.6 Å². The lowest BCUT2D eigenvalue weighted by Crippen LogP contribution is -2.31. The number of carbonyl (C=O) groups excluding carboxylic acids is 1. The van der Waals surface area contributed by atoms with Gasteiger partial charge in [0.1, 0.15) is 0 Å². The van der Waals surface area contributed by atoms with Crippen LogP contribution in [0.4, 0.5) is 5.69 Å². The number of hydrogen-bond acceptors (Lipinski definition) is 2. The molecule has 0 bridgehead atoms. The van der Waals surface area contributed by atoms with Gasteiger partial charge in [-0.3, -0.25) is 4.79 Å². The monoisotopic (exact) mass is 351 g/mol. The highest BCUT2D eigenvalue weighted by atomic mass is 16.2. The van der Waals surface area contributed by atoms with Crippen molar-refractivity contribution in [2.24, 2.45) is 0 Å². The summed E-state index contributed by atoms with van der Waals surface area (Å²) in [6, 6.07) is 15.8. The van der Waals surface area contributed by atoms with Gasteiger partial charge < -0.3 is 14.9 Å². The molecule has 136 valence electrons. The number of para-hydroxylation sites is 1. The number of aryl methyl sites for hydroxylation is 1. The summed E-state index contributed by atoms with van der Waals surface area (Å²) in [5.74, 6) is 0.167. The second-order valence-corrected chi connectivity index (χ2v) is 6.55. The largest absolute Gasteiger partial charge is 0.323 e. The van der Waals surface area contributed by atoms with E-state index in [0.29, 0.717) is 6.42 Å². The minimum atomic E-state index is -0.193. The molecule has 5 nitrogen and oxygen atoms in total. The van der Waals surface area contributed by atoms with Gasteiger partial charge in [-0.15, -0.1) is 0 Å². The van der Waals surface area contributed by atoms with E-state index in [4.69, 9.17) is 0 Å². The number of fused-ring (bicyclic) bond motifs is 1. The smallest absolute Gasteiger partial charge is 0.312 e. The van der Waals surface area contributed by atoms with Gasteiger partial charge in [-0.1, -0.05) is 37.6 Å². The number of benzene rings is 2. The van der Waals surface area contributed by atoms with E-state index in [1.54, 1.807) is 0 Å². The fourth-order valence-corrected chi connectivity index (χ4v) is 3.14. The van der Waals surface area contributed by atoms with Crippen molar-refractivity contribution < 1.29 is 4.79 Å². The molecule has 0 aliphatic carbocycles. The van der Waals surface area contributed by atoms with Gasteiger partial charge in [0.15, 0.2) is 0 Å². The maximum Gasteiger partial charge on any atom is 0.323 e. The maximum atomic E-state index is 12.7. The molecular weight excluding hydrogens is 326 g/mol. The zero-order valence-corrected chi connectivity index (χ0v) is 15.1. The molecule has 2 aromatic carbocycles. The molecule has 5 heteroatoms. The topological polar surface area (TPSA) is 69.0 Å². The zero-order valence-electron chi connectivity index (χ0n) is 15.1. The second-order valence-electron chi connectivity index (χ2n) is 6.55. The first-order chi connectivity index (χ1) is 12.7. The van der Waals surface area contributed by atoms with Crippen molar-refractivity contribution in [2.75, 3.05) is 11.4 Å².